The van der Waals surface area contributed by atoms with Crippen molar-refractivity contribution in [2.45, 2.75) is 26.2 Å². The predicted molar refractivity (Wildman–Crippen MR) is 118 cm³/mol. The second-order valence-electron chi connectivity index (χ2n) is 7.99. The lowest BCUT2D eigenvalue weighted by atomic mass is 9.94. The number of piperidine rings is 1. The zero-order valence-corrected chi connectivity index (χ0v) is 18.5. The number of amides is 3. The summed E-state index contributed by atoms with van der Waals surface area (Å²) in [5.41, 5.74) is 1.66. The number of nitrogens with zero attached hydrogens (tertiary/aromatic N) is 3. The number of rotatable bonds is 5. The number of anilines is 2. The fraction of sp³-hybridized carbons (Fsp3) is 0.455. The molecule has 0 bridgehead atoms. The van der Waals surface area contributed by atoms with Gasteiger partial charge in [-0.05, 0) is 44.0 Å². The zero-order valence-electron chi connectivity index (χ0n) is 17.7. The van der Waals surface area contributed by atoms with Crippen LogP contribution in [0.5, 0.6) is 5.75 Å². The summed E-state index contributed by atoms with van der Waals surface area (Å²) in [5.74, 6) is 0.158. The van der Waals surface area contributed by atoms with Crippen molar-refractivity contribution in [1.82, 2.24) is 9.88 Å². The molecule has 1 N–H and O–H groups in total. The highest BCUT2D eigenvalue weighted by Crippen LogP contribution is 2.29. The van der Waals surface area contributed by atoms with E-state index in [1.165, 1.54) is 11.3 Å². The molecule has 2 fully saturated rings. The molecule has 0 aliphatic carbocycles. The molecule has 9 heteroatoms. The molecule has 8 nitrogen and oxygen atoms in total. The number of carbonyl (C=O) groups excluding carboxylic acids is 3. The third-order valence-electron chi connectivity index (χ3n) is 5.88. The van der Waals surface area contributed by atoms with Crippen LogP contribution >= 0.6 is 11.3 Å². The molecule has 0 radical (unpaired) electrons. The maximum Gasteiger partial charge on any atom is 0.229 e. The molecule has 0 saturated carbocycles. The van der Waals surface area contributed by atoms with Crippen molar-refractivity contribution >= 4 is 39.9 Å². The lowest BCUT2D eigenvalue weighted by Gasteiger charge is -2.32. The number of methoxy groups -OCH3 is 1. The van der Waals surface area contributed by atoms with Crippen molar-refractivity contribution in [3.05, 3.63) is 35.3 Å². The van der Waals surface area contributed by atoms with E-state index in [9.17, 15) is 14.4 Å². The van der Waals surface area contributed by atoms with E-state index < -0.39 is 0 Å². The largest absolute Gasteiger partial charge is 0.497 e. The van der Waals surface area contributed by atoms with Gasteiger partial charge in [-0.3, -0.25) is 14.4 Å². The van der Waals surface area contributed by atoms with Crippen molar-refractivity contribution in [3.8, 4) is 5.75 Å². The van der Waals surface area contributed by atoms with Gasteiger partial charge in [-0.2, -0.15) is 0 Å². The molecule has 4 rings (SSSR count). The van der Waals surface area contributed by atoms with E-state index in [-0.39, 0.29) is 36.0 Å². The fourth-order valence-electron chi connectivity index (χ4n) is 4.12. The van der Waals surface area contributed by atoms with E-state index in [2.05, 4.69) is 10.3 Å². The summed E-state index contributed by atoms with van der Waals surface area (Å²) in [6.45, 7) is 3.33. The van der Waals surface area contributed by atoms with E-state index in [0.717, 1.165) is 17.1 Å². The molecule has 2 aliphatic rings. The molecular weight excluding hydrogens is 416 g/mol. The SMILES string of the molecule is COc1ccc(N2CC(C(=O)N3CCC(C(=O)Nc4nc(C)cs4)CC3)CC2=O)cc1. The highest BCUT2D eigenvalue weighted by atomic mass is 32.1. The molecule has 2 aromatic rings. The predicted octanol–water partition coefficient (Wildman–Crippen LogP) is 2.69. The molecule has 1 aromatic heterocycles. The smallest absolute Gasteiger partial charge is 0.229 e. The van der Waals surface area contributed by atoms with E-state index in [4.69, 9.17) is 4.74 Å². The van der Waals surface area contributed by atoms with Crippen LogP contribution < -0.4 is 15.0 Å². The molecule has 1 atom stereocenters. The van der Waals surface area contributed by atoms with Crippen LogP contribution in [0.25, 0.3) is 0 Å². The van der Waals surface area contributed by atoms with Crippen molar-refractivity contribution in [1.29, 1.82) is 0 Å². The number of aromatic nitrogens is 1. The van der Waals surface area contributed by atoms with E-state index in [1.54, 1.807) is 29.0 Å². The third-order valence-corrected chi connectivity index (χ3v) is 6.76. The number of likely N-dealkylation sites (tertiary alicyclic amines) is 1. The van der Waals surface area contributed by atoms with Crippen LogP contribution in [0.2, 0.25) is 0 Å². The monoisotopic (exact) mass is 442 g/mol. The second-order valence-corrected chi connectivity index (χ2v) is 8.84. The molecule has 1 aromatic carbocycles. The van der Waals surface area contributed by atoms with Gasteiger partial charge in [0.15, 0.2) is 5.13 Å². The minimum Gasteiger partial charge on any atom is -0.497 e. The van der Waals surface area contributed by atoms with Gasteiger partial charge in [0.25, 0.3) is 0 Å². The summed E-state index contributed by atoms with van der Waals surface area (Å²) in [6.07, 6.45) is 1.45. The number of hydrogen-bond donors (Lipinski definition) is 1. The fourth-order valence-corrected chi connectivity index (χ4v) is 4.81. The minimum absolute atomic E-state index is 0.00114. The van der Waals surface area contributed by atoms with Crippen molar-refractivity contribution in [3.63, 3.8) is 0 Å². The number of aryl methyl sites for hydroxylation is 1. The number of thiazole rings is 1. The van der Waals surface area contributed by atoms with Crippen LogP contribution in [0.3, 0.4) is 0 Å². The van der Waals surface area contributed by atoms with Gasteiger partial charge in [-0.25, -0.2) is 4.98 Å². The molecule has 0 spiro atoms. The lowest BCUT2D eigenvalue weighted by molar-refractivity contribution is -0.138. The van der Waals surface area contributed by atoms with Crippen molar-refractivity contribution in [2.24, 2.45) is 11.8 Å². The van der Waals surface area contributed by atoms with Crippen LogP contribution in [0.1, 0.15) is 25.0 Å². The van der Waals surface area contributed by atoms with Gasteiger partial charge >= 0.3 is 0 Å². The van der Waals surface area contributed by atoms with Gasteiger partial charge in [0.1, 0.15) is 5.75 Å². The summed E-state index contributed by atoms with van der Waals surface area (Å²) in [7, 11) is 1.59. The summed E-state index contributed by atoms with van der Waals surface area (Å²) in [5, 5.41) is 5.39. The Hall–Kier alpha value is -2.94. The van der Waals surface area contributed by atoms with Gasteiger partial charge in [-0.15, -0.1) is 11.3 Å². The first kappa shape index (κ1) is 21.3. The van der Waals surface area contributed by atoms with Crippen LogP contribution in [0, 0.1) is 18.8 Å². The standard InChI is InChI=1S/C22H26N4O4S/c1-14-13-31-22(23-14)24-20(28)15-7-9-25(10-8-15)21(29)16-11-19(27)26(12-16)17-3-5-18(30-2)6-4-17/h3-6,13,15-16H,7-12H2,1-2H3,(H,23,24,28). The van der Waals surface area contributed by atoms with Gasteiger partial charge in [0, 0.05) is 43.0 Å². The first-order valence-corrected chi connectivity index (χ1v) is 11.3. The second kappa shape index (κ2) is 9.05. The van der Waals surface area contributed by atoms with Crippen LogP contribution in [-0.2, 0) is 14.4 Å². The Morgan fingerprint density at radius 1 is 1.16 bits per heavy atom. The van der Waals surface area contributed by atoms with E-state index in [1.807, 2.05) is 24.4 Å². The number of benzene rings is 1. The average molecular weight is 443 g/mol. The topological polar surface area (TPSA) is 91.8 Å². The molecule has 1 unspecified atom stereocenters. The van der Waals surface area contributed by atoms with Crippen molar-refractivity contribution < 1.29 is 19.1 Å². The average Bonchev–Trinajstić information content (AvgIpc) is 3.38. The normalized spacial score (nSPS) is 19.5. The Morgan fingerprint density at radius 3 is 2.48 bits per heavy atom. The van der Waals surface area contributed by atoms with Crippen LogP contribution in [-0.4, -0.2) is 54.3 Å². The molecule has 2 saturated heterocycles. The Bertz CT molecular complexity index is 966. The summed E-state index contributed by atoms with van der Waals surface area (Å²) in [4.78, 5) is 45.7. The highest BCUT2D eigenvalue weighted by Gasteiger charge is 2.38. The van der Waals surface area contributed by atoms with Gasteiger partial charge in [0.2, 0.25) is 17.7 Å². The summed E-state index contributed by atoms with van der Waals surface area (Å²) < 4.78 is 5.16. The Kier molecular flexibility index (Phi) is 6.22. The molecular formula is C22H26N4O4S. The molecule has 31 heavy (non-hydrogen) atoms. The maximum absolute atomic E-state index is 13.0. The van der Waals surface area contributed by atoms with E-state index in [0.29, 0.717) is 37.6 Å². The number of ether oxygens (including phenoxy) is 1. The number of nitrogens with one attached hydrogen (secondary N) is 1. The van der Waals surface area contributed by atoms with Crippen molar-refractivity contribution in [2.75, 3.05) is 37.0 Å². The van der Waals surface area contributed by atoms with Gasteiger partial charge < -0.3 is 19.9 Å². The molecule has 3 amide bonds. The first-order valence-electron chi connectivity index (χ1n) is 10.4. The third kappa shape index (κ3) is 4.71. The molecule has 2 aliphatic heterocycles. The minimum atomic E-state index is -0.349. The zero-order chi connectivity index (χ0) is 22.0. The first-order chi connectivity index (χ1) is 14.9. The summed E-state index contributed by atoms with van der Waals surface area (Å²) >= 11 is 1.41. The van der Waals surface area contributed by atoms with Gasteiger partial charge in [-0.1, -0.05) is 0 Å². The Balaban J connectivity index is 1.30. The number of carbonyl (C=O) groups is 3. The number of hydrogen-bond acceptors (Lipinski definition) is 6. The lowest BCUT2D eigenvalue weighted by Crippen LogP contribution is -2.44. The Labute approximate surface area is 185 Å². The van der Waals surface area contributed by atoms with E-state index >= 15 is 0 Å². The Morgan fingerprint density at radius 2 is 1.87 bits per heavy atom. The summed E-state index contributed by atoms with van der Waals surface area (Å²) in [6, 6.07) is 7.27. The molecule has 3 heterocycles. The highest BCUT2D eigenvalue weighted by molar-refractivity contribution is 7.13. The van der Waals surface area contributed by atoms with Crippen LogP contribution in [0.15, 0.2) is 29.6 Å². The van der Waals surface area contributed by atoms with Crippen LogP contribution in [0.4, 0.5) is 10.8 Å². The maximum atomic E-state index is 13.0. The van der Waals surface area contributed by atoms with Gasteiger partial charge in [0.05, 0.1) is 18.7 Å². The quantitative estimate of drug-likeness (QED) is 0.769. The molecule has 164 valence electrons.